The zero-order valence-electron chi connectivity index (χ0n) is 16.2. The SMILES string of the molecule is OC(CC1c2c(F)cccc2-c2cncn21)C12CC3CC(C1)C(N=C=S)C(C3)C2. The quantitative estimate of drug-likeness (QED) is 0.591. The molecule has 4 atom stereocenters. The fourth-order valence-corrected chi connectivity index (χ4v) is 7.55. The van der Waals surface area contributed by atoms with E-state index in [0.29, 0.717) is 29.7 Å². The Bertz CT molecular complexity index is 1010. The Kier molecular flexibility index (Phi) is 3.90. The molecule has 1 aliphatic heterocycles. The van der Waals surface area contributed by atoms with Crippen molar-refractivity contribution < 1.29 is 9.50 Å². The minimum atomic E-state index is -0.459. The molecule has 4 nitrogen and oxygen atoms in total. The number of thiocarbonyl (C=S) groups is 1. The van der Waals surface area contributed by atoms with Crippen LogP contribution in [-0.4, -0.2) is 32.0 Å². The van der Waals surface area contributed by atoms with Gasteiger partial charge < -0.3 is 9.67 Å². The number of aliphatic hydroxyl groups excluding tert-OH is 1. The van der Waals surface area contributed by atoms with Crippen LogP contribution in [-0.2, 0) is 0 Å². The summed E-state index contributed by atoms with van der Waals surface area (Å²) in [5, 5.41) is 14.2. The number of aliphatic imine (C=N–C) groups is 1. The highest BCUT2D eigenvalue weighted by Crippen LogP contribution is 2.63. The van der Waals surface area contributed by atoms with Crippen LogP contribution in [0, 0.1) is 29.0 Å². The van der Waals surface area contributed by atoms with Gasteiger partial charge in [0.25, 0.3) is 0 Å². The average Bonchev–Trinajstić information content (AvgIpc) is 3.27. The molecule has 0 saturated heterocycles. The fourth-order valence-electron chi connectivity index (χ4n) is 7.43. The van der Waals surface area contributed by atoms with Crippen molar-refractivity contribution in [3.63, 3.8) is 0 Å². The van der Waals surface area contributed by atoms with Gasteiger partial charge in [0.05, 0.1) is 41.6 Å². The second-order valence-electron chi connectivity index (χ2n) is 9.70. The lowest BCUT2D eigenvalue weighted by molar-refractivity contribution is -0.131. The Balaban J connectivity index is 1.33. The Morgan fingerprint density at radius 3 is 2.86 bits per heavy atom. The number of hydrogen-bond acceptors (Lipinski definition) is 4. The molecule has 2 aromatic rings. The van der Waals surface area contributed by atoms with E-state index in [9.17, 15) is 9.50 Å². The molecule has 1 aromatic carbocycles. The molecule has 4 aliphatic carbocycles. The molecule has 4 unspecified atom stereocenters. The van der Waals surface area contributed by atoms with Gasteiger partial charge in [0.2, 0.25) is 0 Å². The van der Waals surface area contributed by atoms with Gasteiger partial charge in [-0.15, -0.1) is 0 Å². The Hall–Kier alpha value is -1.88. The maximum Gasteiger partial charge on any atom is 0.129 e. The van der Waals surface area contributed by atoms with E-state index >= 15 is 0 Å². The monoisotopic (exact) mass is 409 g/mol. The Morgan fingerprint density at radius 1 is 1.31 bits per heavy atom. The number of hydrogen-bond donors (Lipinski definition) is 1. The van der Waals surface area contributed by atoms with Crippen molar-refractivity contribution in [3.8, 4) is 11.3 Å². The number of aliphatic hydroxyl groups is 1. The van der Waals surface area contributed by atoms with Gasteiger partial charge >= 0.3 is 0 Å². The minimum Gasteiger partial charge on any atom is -0.392 e. The van der Waals surface area contributed by atoms with E-state index in [2.05, 4.69) is 15.1 Å². The molecule has 4 saturated carbocycles. The molecule has 0 amide bonds. The van der Waals surface area contributed by atoms with Crippen molar-refractivity contribution in [1.29, 1.82) is 0 Å². The van der Waals surface area contributed by atoms with Gasteiger partial charge in [-0.3, -0.25) is 0 Å². The van der Waals surface area contributed by atoms with Crippen molar-refractivity contribution in [2.75, 3.05) is 0 Å². The van der Waals surface area contributed by atoms with Crippen LogP contribution in [0.2, 0.25) is 0 Å². The molecule has 150 valence electrons. The molecule has 6 heteroatoms. The third-order valence-electron chi connectivity index (χ3n) is 8.29. The highest BCUT2D eigenvalue weighted by atomic mass is 32.1. The van der Waals surface area contributed by atoms with Crippen LogP contribution in [0.4, 0.5) is 4.39 Å². The first-order valence-corrected chi connectivity index (χ1v) is 11.1. The third-order valence-corrected chi connectivity index (χ3v) is 8.40. The Morgan fingerprint density at radius 2 is 2.10 bits per heavy atom. The minimum absolute atomic E-state index is 0.0707. The summed E-state index contributed by atoms with van der Waals surface area (Å²) in [5.74, 6) is 1.49. The van der Waals surface area contributed by atoms with Crippen molar-refractivity contribution in [2.24, 2.45) is 28.2 Å². The van der Waals surface area contributed by atoms with Gasteiger partial charge in [0, 0.05) is 11.1 Å². The highest BCUT2D eigenvalue weighted by molar-refractivity contribution is 7.78. The molecule has 5 aliphatic rings. The predicted octanol–water partition coefficient (Wildman–Crippen LogP) is 4.64. The number of isothiocyanates is 1. The van der Waals surface area contributed by atoms with E-state index in [-0.39, 0.29) is 23.3 Å². The maximum atomic E-state index is 14.8. The molecule has 7 rings (SSSR count). The van der Waals surface area contributed by atoms with Crippen LogP contribution in [0.15, 0.2) is 35.7 Å². The average molecular weight is 410 g/mol. The summed E-state index contributed by atoms with van der Waals surface area (Å²) in [6.07, 6.45) is 9.12. The van der Waals surface area contributed by atoms with Gasteiger partial charge in [-0.1, -0.05) is 12.1 Å². The smallest absolute Gasteiger partial charge is 0.129 e. The highest BCUT2D eigenvalue weighted by Gasteiger charge is 2.58. The van der Waals surface area contributed by atoms with Crippen LogP contribution < -0.4 is 0 Å². The molecule has 1 N–H and O–H groups in total. The summed E-state index contributed by atoms with van der Waals surface area (Å²) in [5.41, 5.74) is 2.48. The van der Waals surface area contributed by atoms with E-state index in [1.807, 2.05) is 10.6 Å². The standard InChI is InChI=1S/C23H24FN3OS/c24-17-3-1-2-16-19-10-25-11-27(19)18(21(16)17)6-20(28)23-7-13-4-14(8-23)22(26-12-29)15(5-13)9-23/h1-3,10-11,13-15,18,20,22,28H,4-9H2. The van der Waals surface area contributed by atoms with E-state index in [0.717, 1.165) is 30.5 Å². The van der Waals surface area contributed by atoms with Crippen molar-refractivity contribution in [3.05, 3.63) is 42.1 Å². The molecular weight excluding hydrogens is 385 g/mol. The van der Waals surface area contributed by atoms with E-state index < -0.39 is 6.10 Å². The molecular formula is C23H24FN3OS. The molecule has 1 aromatic heterocycles. The molecule has 29 heavy (non-hydrogen) atoms. The van der Waals surface area contributed by atoms with Crippen molar-refractivity contribution in [1.82, 2.24) is 9.55 Å². The van der Waals surface area contributed by atoms with Crippen molar-refractivity contribution in [2.45, 2.75) is 56.7 Å². The number of rotatable bonds is 4. The summed E-state index contributed by atoms with van der Waals surface area (Å²) in [6.45, 7) is 0. The zero-order valence-corrected chi connectivity index (χ0v) is 17.0. The van der Waals surface area contributed by atoms with E-state index in [4.69, 9.17) is 12.2 Å². The number of halogens is 1. The van der Waals surface area contributed by atoms with Crippen LogP contribution >= 0.6 is 12.2 Å². The number of imidazole rings is 1. The lowest BCUT2D eigenvalue weighted by atomic mass is 9.46. The summed E-state index contributed by atoms with van der Waals surface area (Å²) in [4.78, 5) is 8.78. The lowest BCUT2D eigenvalue weighted by Gasteiger charge is -2.60. The second-order valence-corrected chi connectivity index (χ2v) is 9.88. The lowest BCUT2D eigenvalue weighted by Crippen LogP contribution is -2.57. The first-order chi connectivity index (χ1) is 14.1. The fraction of sp³-hybridized carbons (Fsp3) is 0.565. The van der Waals surface area contributed by atoms with E-state index in [1.54, 1.807) is 18.6 Å². The number of benzene rings is 1. The Labute approximate surface area is 174 Å². The topological polar surface area (TPSA) is 50.4 Å². The maximum absolute atomic E-state index is 14.8. The number of aromatic nitrogens is 2. The van der Waals surface area contributed by atoms with E-state index in [1.165, 1.54) is 18.9 Å². The third kappa shape index (κ3) is 2.49. The summed E-state index contributed by atoms with van der Waals surface area (Å²) >= 11 is 4.89. The predicted molar refractivity (Wildman–Crippen MR) is 111 cm³/mol. The second kappa shape index (κ2) is 6.31. The van der Waals surface area contributed by atoms with Gasteiger partial charge in [0.15, 0.2) is 0 Å². The van der Waals surface area contributed by atoms with Crippen LogP contribution in [0.25, 0.3) is 11.3 Å². The summed E-state index contributed by atoms with van der Waals surface area (Å²) in [6, 6.07) is 5.32. The van der Waals surface area contributed by atoms with Gasteiger partial charge in [-0.2, -0.15) is 0 Å². The van der Waals surface area contributed by atoms with Gasteiger partial charge in [-0.05, 0) is 80.0 Å². The van der Waals surface area contributed by atoms with Gasteiger partial charge in [-0.25, -0.2) is 14.4 Å². The molecule has 2 heterocycles. The summed E-state index contributed by atoms with van der Waals surface area (Å²) in [7, 11) is 0. The number of nitrogens with zero attached hydrogens (tertiary/aromatic N) is 3. The first kappa shape index (κ1) is 17.9. The largest absolute Gasteiger partial charge is 0.392 e. The first-order valence-electron chi connectivity index (χ1n) is 10.7. The van der Waals surface area contributed by atoms with Crippen LogP contribution in [0.1, 0.15) is 50.1 Å². The molecule has 4 fully saturated rings. The zero-order chi connectivity index (χ0) is 19.8. The molecule has 0 radical (unpaired) electrons. The molecule has 0 spiro atoms. The normalized spacial score (nSPS) is 37.1. The van der Waals surface area contributed by atoms with Gasteiger partial charge in [0.1, 0.15) is 5.82 Å². The van der Waals surface area contributed by atoms with Crippen LogP contribution in [0.3, 0.4) is 0 Å². The van der Waals surface area contributed by atoms with Crippen LogP contribution in [0.5, 0.6) is 0 Å². The molecule has 4 bridgehead atoms. The van der Waals surface area contributed by atoms with Crippen molar-refractivity contribution >= 4 is 17.4 Å². The number of fused-ring (bicyclic) bond motifs is 3. The summed E-state index contributed by atoms with van der Waals surface area (Å²) < 4.78 is 16.8.